The van der Waals surface area contributed by atoms with Crippen LogP contribution in [0.3, 0.4) is 0 Å². The Morgan fingerprint density at radius 3 is 3.00 bits per heavy atom. The van der Waals surface area contributed by atoms with Gasteiger partial charge in [-0.15, -0.1) is 0 Å². The molecule has 0 aromatic carbocycles. The molecule has 1 fully saturated rings. The van der Waals surface area contributed by atoms with Crippen molar-refractivity contribution in [3.8, 4) is 0 Å². The van der Waals surface area contributed by atoms with E-state index in [4.69, 9.17) is 10.2 Å². The van der Waals surface area contributed by atoms with Gasteiger partial charge in [0.2, 0.25) is 0 Å². The van der Waals surface area contributed by atoms with Crippen LogP contribution in [0.25, 0.3) is 0 Å². The number of likely N-dealkylation sites (tertiary alicyclic amines) is 1. The summed E-state index contributed by atoms with van der Waals surface area (Å²) in [6.45, 7) is 4.55. The van der Waals surface area contributed by atoms with Gasteiger partial charge in [0.25, 0.3) is 0 Å². The maximum absolute atomic E-state index is 10.5. The molecule has 2 heterocycles. The molecule has 6 nitrogen and oxygen atoms in total. The van der Waals surface area contributed by atoms with Crippen molar-refractivity contribution in [1.29, 1.82) is 0 Å². The second-order valence-corrected chi connectivity index (χ2v) is 4.64. The van der Waals surface area contributed by atoms with E-state index in [1.54, 1.807) is 6.07 Å². The zero-order valence-electron chi connectivity index (χ0n) is 9.83. The molecule has 1 aromatic rings. The zero-order chi connectivity index (χ0) is 12.4. The predicted octanol–water partition coefficient (Wildman–Crippen LogP) is 1.36. The van der Waals surface area contributed by atoms with Crippen LogP contribution < -0.4 is 5.73 Å². The Morgan fingerprint density at radius 2 is 2.47 bits per heavy atom. The SMILES string of the molecule is CC(N)C1CCN(Cc2ccc([N+](=O)[O-])o2)C1. The van der Waals surface area contributed by atoms with Crippen molar-refractivity contribution in [3.05, 3.63) is 28.0 Å². The first kappa shape index (κ1) is 12.1. The quantitative estimate of drug-likeness (QED) is 0.633. The molecule has 0 amide bonds. The monoisotopic (exact) mass is 239 g/mol. The largest absolute Gasteiger partial charge is 0.433 e. The molecular formula is C11H17N3O3. The second kappa shape index (κ2) is 4.85. The van der Waals surface area contributed by atoms with Gasteiger partial charge in [0, 0.05) is 12.6 Å². The van der Waals surface area contributed by atoms with Gasteiger partial charge in [-0.1, -0.05) is 0 Å². The normalized spacial score (nSPS) is 22.8. The average Bonchev–Trinajstić information content (AvgIpc) is 2.87. The maximum Gasteiger partial charge on any atom is 0.433 e. The van der Waals surface area contributed by atoms with Crippen LogP contribution in [0.2, 0.25) is 0 Å². The minimum Gasteiger partial charge on any atom is -0.404 e. The van der Waals surface area contributed by atoms with Crippen LogP contribution >= 0.6 is 0 Å². The molecule has 0 saturated carbocycles. The minimum absolute atomic E-state index is 0.192. The molecule has 2 unspecified atom stereocenters. The molecule has 1 aromatic heterocycles. The second-order valence-electron chi connectivity index (χ2n) is 4.64. The van der Waals surface area contributed by atoms with Crippen molar-refractivity contribution in [2.45, 2.75) is 25.9 Å². The van der Waals surface area contributed by atoms with Crippen LogP contribution in [0.15, 0.2) is 16.5 Å². The number of rotatable bonds is 4. The number of furan rings is 1. The van der Waals surface area contributed by atoms with Gasteiger partial charge in [-0.3, -0.25) is 15.0 Å². The highest BCUT2D eigenvalue weighted by Gasteiger charge is 2.26. The summed E-state index contributed by atoms with van der Waals surface area (Å²) in [6.07, 6.45) is 1.08. The smallest absolute Gasteiger partial charge is 0.404 e. The van der Waals surface area contributed by atoms with Crippen molar-refractivity contribution in [2.24, 2.45) is 11.7 Å². The molecule has 2 atom stereocenters. The summed E-state index contributed by atoms with van der Waals surface area (Å²) in [7, 11) is 0. The predicted molar refractivity (Wildman–Crippen MR) is 62.4 cm³/mol. The Labute approximate surface area is 99.5 Å². The Kier molecular flexibility index (Phi) is 3.44. The van der Waals surface area contributed by atoms with Gasteiger partial charge in [-0.25, -0.2) is 0 Å². The first-order chi connectivity index (χ1) is 8.06. The van der Waals surface area contributed by atoms with Gasteiger partial charge in [-0.2, -0.15) is 0 Å². The molecule has 2 rings (SSSR count). The summed E-state index contributed by atoms with van der Waals surface area (Å²) in [6, 6.07) is 3.26. The zero-order valence-corrected chi connectivity index (χ0v) is 9.83. The average molecular weight is 239 g/mol. The molecule has 1 saturated heterocycles. The number of nitrogens with zero attached hydrogens (tertiary/aromatic N) is 2. The van der Waals surface area contributed by atoms with E-state index in [-0.39, 0.29) is 11.9 Å². The van der Waals surface area contributed by atoms with Crippen LogP contribution in [0.5, 0.6) is 0 Å². The first-order valence-electron chi connectivity index (χ1n) is 5.77. The lowest BCUT2D eigenvalue weighted by Crippen LogP contribution is -2.29. The fourth-order valence-electron chi connectivity index (χ4n) is 2.21. The topological polar surface area (TPSA) is 85.5 Å². The number of hydrogen-bond acceptors (Lipinski definition) is 5. The summed E-state index contributed by atoms with van der Waals surface area (Å²) in [4.78, 5) is 12.2. The van der Waals surface area contributed by atoms with Crippen molar-refractivity contribution in [3.63, 3.8) is 0 Å². The molecule has 6 heteroatoms. The van der Waals surface area contributed by atoms with Gasteiger partial charge in [0.05, 0.1) is 12.6 Å². The molecule has 1 aliphatic rings. The lowest BCUT2D eigenvalue weighted by Gasteiger charge is -2.16. The number of hydrogen-bond donors (Lipinski definition) is 1. The Bertz CT molecular complexity index is 402. The van der Waals surface area contributed by atoms with E-state index in [2.05, 4.69) is 4.90 Å². The van der Waals surface area contributed by atoms with E-state index in [0.29, 0.717) is 18.2 Å². The third-order valence-electron chi connectivity index (χ3n) is 3.26. The summed E-state index contributed by atoms with van der Waals surface area (Å²) in [5.74, 6) is 0.963. The van der Waals surface area contributed by atoms with E-state index in [1.807, 2.05) is 6.92 Å². The molecule has 0 spiro atoms. The lowest BCUT2D eigenvalue weighted by molar-refractivity contribution is -0.402. The molecule has 17 heavy (non-hydrogen) atoms. The highest BCUT2D eigenvalue weighted by atomic mass is 16.6. The van der Waals surface area contributed by atoms with Crippen LogP contribution in [-0.2, 0) is 6.54 Å². The van der Waals surface area contributed by atoms with Gasteiger partial charge >= 0.3 is 5.88 Å². The Hall–Kier alpha value is -1.40. The summed E-state index contributed by atoms with van der Waals surface area (Å²) in [5.41, 5.74) is 5.86. The van der Waals surface area contributed by atoms with Crippen LogP contribution in [0, 0.1) is 16.0 Å². The molecular weight excluding hydrogens is 222 g/mol. The molecule has 0 bridgehead atoms. The highest BCUT2D eigenvalue weighted by Crippen LogP contribution is 2.23. The standard InChI is InChI=1S/C11H17N3O3/c1-8(12)9-4-5-13(6-9)7-10-2-3-11(17-10)14(15)16/h2-3,8-9H,4-7,12H2,1H3. The van der Waals surface area contributed by atoms with Gasteiger partial charge in [0.1, 0.15) is 10.7 Å². The Morgan fingerprint density at radius 1 is 1.71 bits per heavy atom. The molecule has 2 N–H and O–H groups in total. The van der Waals surface area contributed by atoms with Crippen LogP contribution in [-0.4, -0.2) is 29.0 Å². The maximum atomic E-state index is 10.5. The lowest BCUT2D eigenvalue weighted by atomic mass is 10.0. The van der Waals surface area contributed by atoms with E-state index in [9.17, 15) is 10.1 Å². The van der Waals surface area contributed by atoms with Crippen molar-refractivity contribution >= 4 is 5.88 Å². The first-order valence-corrected chi connectivity index (χ1v) is 5.77. The third kappa shape index (κ3) is 2.83. The van der Waals surface area contributed by atoms with E-state index in [0.717, 1.165) is 19.5 Å². The van der Waals surface area contributed by atoms with E-state index >= 15 is 0 Å². The number of nitrogens with two attached hydrogens (primary N) is 1. The van der Waals surface area contributed by atoms with Crippen LogP contribution in [0.1, 0.15) is 19.1 Å². The van der Waals surface area contributed by atoms with Gasteiger partial charge in [-0.05, 0) is 31.9 Å². The van der Waals surface area contributed by atoms with E-state index < -0.39 is 4.92 Å². The summed E-state index contributed by atoms with van der Waals surface area (Å²) < 4.78 is 5.13. The van der Waals surface area contributed by atoms with Gasteiger partial charge < -0.3 is 10.2 Å². The van der Waals surface area contributed by atoms with Gasteiger partial charge in [0.15, 0.2) is 0 Å². The summed E-state index contributed by atoms with van der Waals surface area (Å²) in [5, 5.41) is 10.5. The van der Waals surface area contributed by atoms with Crippen LogP contribution in [0.4, 0.5) is 5.88 Å². The fraction of sp³-hybridized carbons (Fsp3) is 0.636. The van der Waals surface area contributed by atoms with E-state index in [1.165, 1.54) is 6.07 Å². The highest BCUT2D eigenvalue weighted by molar-refractivity contribution is 5.17. The summed E-state index contributed by atoms with van der Waals surface area (Å²) >= 11 is 0. The molecule has 0 aliphatic carbocycles. The van der Waals surface area contributed by atoms with Crippen molar-refractivity contribution < 1.29 is 9.34 Å². The molecule has 1 aliphatic heterocycles. The molecule has 0 radical (unpaired) electrons. The molecule has 94 valence electrons. The Balaban J connectivity index is 1.91. The van der Waals surface area contributed by atoms with Crippen molar-refractivity contribution in [1.82, 2.24) is 4.90 Å². The minimum atomic E-state index is -0.516. The third-order valence-corrected chi connectivity index (χ3v) is 3.26. The van der Waals surface area contributed by atoms with Crippen molar-refractivity contribution in [2.75, 3.05) is 13.1 Å². The fourth-order valence-corrected chi connectivity index (χ4v) is 2.21. The number of nitro groups is 1.